The molecule has 14 heavy (non-hydrogen) atoms. The maximum absolute atomic E-state index is 11.2. The van der Waals surface area contributed by atoms with E-state index in [0.717, 1.165) is 6.26 Å². The second-order valence-corrected chi connectivity index (χ2v) is 5.20. The number of carbonyl (C=O) groups is 1. The van der Waals surface area contributed by atoms with E-state index >= 15 is 0 Å². The molecule has 0 unspecified atom stereocenters. The first-order chi connectivity index (χ1) is 6.38. The molecular formula is C8H7BrNO3S. The lowest BCUT2D eigenvalue weighted by Crippen LogP contribution is -2.21. The summed E-state index contributed by atoms with van der Waals surface area (Å²) >= 11 is 3.17. The number of hydrogen-bond acceptors (Lipinski definition) is 3. The smallest absolute Gasteiger partial charge is 0.266 e. The van der Waals surface area contributed by atoms with Crippen molar-refractivity contribution < 1.29 is 13.2 Å². The Morgan fingerprint density at radius 1 is 1.43 bits per heavy atom. The summed E-state index contributed by atoms with van der Waals surface area (Å²) in [6.45, 7) is 0. The van der Waals surface area contributed by atoms with E-state index in [1.807, 2.05) is 0 Å². The molecule has 6 heteroatoms. The van der Waals surface area contributed by atoms with Gasteiger partial charge in [0.25, 0.3) is 15.9 Å². The van der Waals surface area contributed by atoms with E-state index in [1.54, 1.807) is 12.1 Å². The van der Waals surface area contributed by atoms with Crippen molar-refractivity contribution in [2.24, 2.45) is 0 Å². The highest BCUT2D eigenvalue weighted by Crippen LogP contribution is 2.11. The highest BCUT2D eigenvalue weighted by atomic mass is 79.9. The van der Waals surface area contributed by atoms with Gasteiger partial charge in [0.1, 0.15) is 0 Å². The van der Waals surface area contributed by atoms with Crippen LogP contribution in [0, 0.1) is 0 Å². The van der Waals surface area contributed by atoms with Crippen LogP contribution in [0.5, 0.6) is 0 Å². The van der Waals surface area contributed by atoms with Gasteiger partial charge in [0, 0.05) is 10.0 Å². The maximum atomic E-state index is 11.2. The molecule has 1 radical (unpaired) electrons. The van der Waals surface area contributed by atoms with Gasteiger partial charge in [-0.3, -0.25) is 4.79 Å². The fourth-order valence-electron chi connectivity index (χ4n) is 0.825. The van der Waals surface area contributed by atoms with Crippen LogP contribution >= 0.6 is 15.9 Å². The quantitative estimate of drug-likeness (QED) is 0.814. The van der Waals surface area contributed by atoms with Crippen LogP contribution in [0.3, 0.4) is 0 Å². The Balaban J connectivity index is 2.91. The molecule has 1 amide bonds. The predicted molar refractivity (Wildman–Crippen MR) is 55.5 cm³/mol. The summed E-state index contributed by atoms with van der Waals surface area (Å²) in [6, 6.07) is 6.38. The monoisotopic (exact) mass is 276 g/mol. The van der Waals surface area contributed by atoms with Crippen molar-refractivity contribution in [3.8, 4) is 0 Å². The third-order valence-electron chi connectivity index (χ3n) is 1.32. The Bertz CT molecular complexity index is 455. The van der Waals surface area contributed by atoms with Gasteiger partial charge in [0.05, 0.1) is 6.26 Å². The molecular weight excluding hydrogens is 270 g/mol. The number of hydrogen-bond donors (Lipinski definition) is 0. The zero-order chi connectivity index (χ0) is 10.8. The van der Waals surface area contributed by atoms with Gasteiger partial charge in [-0.05, 0) is 18.2 Å². The summed E-state index contributed by atoms with van der Waals surface area (Å²) in [5.41, 5.74) is 0.241. The third kappa shape index (κ3) is 3.47. The van der Waals surface area contributed by atoms with Crippen LogP contribution in [0.15, 0.2) is 28.7 Å². The van der Waals surface area contributed by atoms with Crippen LogP contribution in [0.2, 0.25) is 0 Å². The molecule has 4 nitrogen and oxygen atoms in total. The molecule has 0 atom stereocenters. The van der Waals surface area contributed by atoms with E-state index in [4.69, 9.17) is 0 Å². The molecule has 0 saturated carbocycles. The zero-order valence-electron chi connectivity index (χ0n) is 7.27. The number of benzene rings is 1. The summed E-state index contributed by atoms with van der Waals surface area (Å²) in [5.74, 6) is -0.756. The number of halogens is 1. The van der Waals surface area contributed by atoms with Gasteiger partial charge in [0.15, 0.2) is 0 Å². The van der Waals surface area contributed by atoms with Gasteiger partial charge >= 0.3 is 0 Å². The molecule has 0 N–H and O–H groups in total. The minimum atomic E-state index is -3.62. The number of rotatable bonds is 2. The average Bonchev–Trinajstić information content (AvgIpc) is 2.01. The molecule has 0 aliphatic heterocycles. The second kappa shape index (κ2) is 4.10. The minimum absolute atomic E-state index is 0.241. The van der Waals surface area contributed by atoms with Crippen LogP contribution in [-0.4, -0.2) is 20.6 Å². The van der Waals surface area contributed by atoms with Gasteiger partial charge < -0.3 is 0 Å². The van der Waals surface area contributed by atoms with E-state index in [2.05, 4.69) is 20.7 Å². The van der Waals surface area contributed by atoms with Crippen LogP contribution < -0.4 is 4.72 Å². The predicted octanol–water partition coefficient (Wildman–Crippen LogP) is 1.15. The fourth-order valence-corrected chi connectivity index (χ4v) is 1.63. The Morgan fingerprint density at radius 3 is 2.57 bits per heavy atom. The normalized spacial score (nSPS) is 11.0. The van der Waals surface area contributed by atoms with Gasteiger partial charge in [-0.15, -0.1) is 4.72 Å². The van der Waals surface area contributed by atoms with Gasteiger partial charge in [0.2, 0.25) is 0 Å². The first-order valence-corrected chi connectivity index (χ1v) is 6.25. The number of sulfonamides is 1. The third-order valence-corrected chi connectivity index (χ3v) is 2.31. The largest absolute Gasteiger partial charge is 0.287 e. The standard InChI is InChI=1S/C8H7BrNO3S/c1-14(12,13)10-8(11)6-3-2-4-7(9)5-6/h2-5H,1H3. The molecule has 0 aliphatic carbocycles. The Labute approximate surface area is 90.5 Å². The lowest BCUT2D eigenvalue weighted by Gasteiger charge is -1.99. The van der Waals surface area contributed by atoms with Crippen molar-refractivity contribution in [3.05, 3.63) is 34.3 Å². The first-order valence-electron chi connectivity index (χ1n) is 3.61. The maximum Gasteiger partial charge on any atom is 0.287 e. The zero-order valence-corrected chi connectivity index (χ0v) is 9.67. The van der Waals surface area contributed by atoms with Crippen LogP contribution in [0.4, 0.5) is 0 Å². The molecule has 0 heterocycles. The summed E-state index contributed by atoms with van der Waals surface area (Å²) < 4.78 is 25.1. The van der Waals surface area contributed by atoms with Crippen LogP contribution in [0.25, 0.3) is 0 Å². The molecule has 1 aromatic carbocycles. The number of amides is 1. The second-order valence-electron chi connectivity index (χ2n) is 2.64. The summed E-state index contributed by atoms with van der Waals surface area (Å²) in [4.78, 5) is 11.2. The molecule has 0 saturated heterocycles. The van der Waals surface area contributed by atoms with Crippen molar-refractivity contribution in [2.75, 3.05) is 6.26 Å². The topological polar surface area (TPSA) is 65.3 Å². The molecule has 0 bridgehead atoms. The summed E-state index contributed by atoms with van der Waals surface area (Å²) in [7, 11) is -3.62. The molecule has 0 spiro atoms. The van der Waals surface area contributed by atoms with Gasteiger partial charge in [-0.2, -0.15) is 0 Å². The van der Waals surface area contributed by atoms with E-state index in [1.165, 1.54) is 12.1 Å². The minimum Gasteiger partial charge on any atom is -0.266 e. The SMILES string of the molecule is CS(=O)(=O)[N]C(=O)c1cccc(Br)c1. The summed E-state index contributed by atoms with van der Waals surface area (Å²) in [6.07, 6.45) is 0.878. The Kier molecular flexibility index (Phi) is 3.28. The molecule has 1 rings (SSSR count). The van der Waals surface area contributed by atoms with E-state index in [-0.39, 0.29) is 5.56 Å². The van der Waals surface area contributed by atoms with E-state index in [0.29, 0.717) is 4.47 Å². The van der Waals surface area contributed by atoms with Gasteiger partial charge in [-0.25, -0.2) is 8.42 Å². The van der Waals surface area contributed by atoms with Crippen LogP contribution in [0.1, 0.15) is 10.4 Å². The highest BCUT2D eigenvalue weighted by molar-refractivity contribution is 9.10. The van der Waals surface area contributed by atoms with Crippen molar-refractivity contribution in [1.82, 2.24) is 4.72 Å². The Morgan fingerprint density at radius 2 is 2.07 bits per heavy atom. The van der Waals surface area contributed by atoms with Crippen molar-refractivity contribution in [3.63, 3.8) is 0 Å². The fraction of sp³-hybridized carbons (Fsp3) is 0.125. The Hall–Kier alpha value is -0.880. The first kappa shape index (κ1) is 11.2. The molecule has 75 valence electrons. The molecule has 0 fully saturated rings. The lowest BCUT2D eigenvalue weighted by atomic mass is 10.2. The van der Waals surface area contributed by atoms with E-state index in [9.17, 15) is 13.2 Å². The number of carbonyl (C=O) groups excluding carboxylic acids is 1. The van der Waals surface area contributed by atoms with Crippen molar-refractivity contribution >= 4 is 31.9 Å². The lowest BCUT2D eigenvalue weighted by molar-refractivity contribution is 0.0978. The van der Waals surface area contributed by atoms with Crippen molar-refractivity contribution in [1.29, 1.82) is 0 Å². The molecule has 0 aliphatic rings. The van der Waals surface area contributed by atoms with Gasteiger partial charge in [-0.1, -0.05) is 22.0 Å². The van der Waals surface area contributed by atoms with E-state index < -0.39 is 15.9 Å². The van der Waals surface area contributed by atoms with Crippen LogP contribution in [-0.2, 0) is 10.0 Å². The van der Waals surface area contributed by atoms with Crippen molar-refractivity contribution in [2.45, 2.75) is 0 Å². The number of nitrogens with zero attached hydrogens (tertiary/aromatic N) is 1. The highest BCUT2D eigenvalue weighted by Gasteiger charge is 2.13. The molecule has 0 aromatic heterocycles. The average molecular weight is 277 g/mol. The molecule has 1 aromatic rings. The summed E-state index contributed by atoms with van der Waals surface area (Å²) in [5, 5.41) is 0.